The fraction of sp³-hybridized carbons (Fsp3) is 0.417. The summed E-state index contributed by atoms with van der Waals surface area (Å²) in [6.45, 7) is 4.58. The van der Waals surface area contributed by atoms with Crippen molar-refractivity contribution in [3.8, 4) is 0 Å². The molecule has 0 aliphatic carbocycles. The highest BCUT2D eigenvalue weighted by Crippen LogP contribution is 2.17. The van der Waals surface area contributed by atoms with Gasteiger partial charge in [-0.25, -0.2) is 0 Å². The maximum atomic E-state index is 11.3. The standard InChI is InChI=1S/C12H18N2OS2/c1-3-17(15)7-6-14-11-5-4-9(2)8-10(11)12(13)16/h4-5,8,14H,3,6-7H2,1-2H3,(H2,13,16). The molecule has 0 saturated carbocycles. The van der Waals surface area contributed by atoms with E-state index in [2.05, 4.69) is 5.32 Å². The highest BCUT2D eigenvalue weighted by molar-refractivity contribution is 7.84. The summed E-state index contributed by atoms with van der Waals surface area (Å²) < 4.78 is 11.3. The predicted molar refractivity (Wildman–Crippen MR) is 79.1 cm³/mol. The number of rotatable bonds is 6. The molecule has 0 spiro atoms. The molecule has 17 heavy (non-hydrogen) atoms. The van der Waals surface area contributed by atoms with Gasteiger partial charge in [0, 0.05) is 40.1 Å². The summed E-state index contributed by atoms with van der Waals surface area (Å²) in [6.07, 6.45) is 0. The van der Waals surface area contributed by atoms with Crippen LogP contribution in [0.25, 0.3) is 0 Å². The van der Waals surface area contributed by atoms with Crippen molar-refractivity contribution in [2.24, 2.45) is 5.73 Å². The number of benzene rings is 1. The van der Waals surface area contributed by atoms with E-state index in [1.807, 2.05) is 32.0 Å². The minimum atomic E-state index is -0.749. The fourth-order valence-electron chi connectivity index (χ4n) is 1.46. The van der Waals surface area contributed by atoms with Crippen molar-refractivity contribution in [3.63, 3.8) is 0 Å². The average Bonchev–Trinajstić information content (AvgIpc) is 2.30. The summed E-state index contributed by atoms with van der Waals surface area (Å²) in [7, 11) is -0.749. The van der Waals surface area contributed by atoms with Crippen LogP contribution in [-0.2, 0) is 10.8 Å². The lowest BCUT2D eigenvalue weighted by molar-refractivity contribution is 0.684. The summed E-state index contributed by atoms with van der Waals surface area (Å²) >= 11 is 5.01. The van der Waals surface area contributed by atoms with E-state index in [1.165, 1.54) is 0 Å². The van der Waals surface area contributed by atoms with Crippen LogP contribution in [0.5, 0.6) is 0 Å². The van der Waals surface area contributed by atoms with Crippen molar-refractivity contribution in [3.05, 3.63) is 29.3 Å². The van der Waals surface area contributed by atoms with E-state index in [1.54, 1.807) is 0 Å². The molecule has 0 saturated heterocycles. The first kappa shape index (κ1) is 14.1. The molecule has 1 aromatic carbocycles. The smallest absolute Gasteiger partial charge is 0.106 e. The molecule has 0 fully saturated rings. The quantitative estimate of drug-likeness (QED) is 0.774. The monoisotopic (exact) mass is 270 g/mol. The molecular weight excluding hydrogens is 252 g/mol. The van der Waals surface area contributed by atoms with Crippen LogP contribution in [0.3, 0.4) is 0 Å². The maximum absolute atomic E-state index is 11.3. The first-order chi connectivity index (χ1) is 8.04. The van der Waals surface area contributed by atoms with Crippen LogP contribution in [0.15, 0.2) is 18.2 Å². The van der Waals surface area contributed by atoms with Gasteiger partial charge < -0.3 is 11.1 Å². The number of nitrogens with one attached hydrogen (secondary N) is 1. The molecule has 0 aliphatic rings. The molecular formula is C12H18N2OS2. The van der Waals surface area contributed by atoms with E-state index in [-0.39, 0.29) is 0 Å². The van der Waals surface area contributed by atoms with Crippen molar-refractivity contribution < 1.29 is 4.21 Å². The Bertz CT molecular complexity index is 433. The number of anilines is 1. The van der Waals surface area contributed by atoms with Crippen LogP contribution in [0.4, 0.5) is 5.69 Å². The zero-order valence-corrected chi connectivity index (χ0v) is 11.8. The van der Waals surface area contributed by atoms with Crippen molar-refractivity contribution in [1.29, 1.82) is 0 Å². The second-order valence-corrected chi connectivity index (χ2v) is 6.08. The van der Waals surface area contributed by atoms with E-state index < -0.39 is 10.8 Å². The molecule has 0 bridgehead atoms. The first-order valence-corrected chi connectivity index (χ1v) is 7.43. The van der Waals surface area contributed by atoms with Crippen LogP contribution in [-0.4, -0.2) is 27.2 Å². The lowest BCUT2D eigenvalue weighted by Gasteiger charge is -2.11. The minimum absolute atomic E-state index is 0.382. The van der Waals surface area contributed by atoms with Gasteiger partial charge in [0.05, 0.1) is 0 Å². The maximum Gasteiger partial charge on any atom is 0.106 e. The second kappa shape index (κ2) is 6.71. The molecule has 94 valence electrons. The number of thiocarbonyl (C=S) groups is 1. The Morgan fingerprint density at radius 2 is 2.24 bits per heavy atom. The van der Waals surface area contributed by atoms with Gasteiger partial charge in [-0.2, -0.15) is 0 Å². The molecule has 0 aromatic heterocycles. The molecule has 3 N–H and O–H groups in total. The van der Waals surface area contributed by atoms with Gasteiger partial charge in [0.15, 0.2) is 0 Å². The highest BCUT2D eigenvalue weighted by Gasteiger charge is 2.05. The van der Waals surface area contributed by atoms with Crippen LogP contribution >= 0.6 is 12.2 Å². The molecule has 0 amide bonds. The fourth-order valence-corrected chi connectivity index (χ4v) is 2.25. The van der Waals surface area contributed by atoms with Crippen molar-refractivity contribution in [2.75, 3.05) is 23.4 Å². The van der Waals surface area contributed by atoms with Gasteiger partial charge in [0.2, 0.25) is 0 Å². The SMILES string of the molecule is CCS(=O)CCNc1ccc(C)cc1C(N)=S. The zero-order chi connectivity index (χ0) is 12.8. The van der Waals surface area contributed by atoms with Crippen LogP contribution < -0.4 is 11.1 Å². The Kier molecular flexibility index (Phi) is 5.58. The number of aryl methyl sites for hydroxylation is 1. The normalized spacial score (nSPS) is 12.1. The van der Waals surface area contributed by atoms with Crippen LogP contribution in [0.1, 0.15) is 18.1 Å². The molecule has 0 heterocycles. The molecule has 3 nitrogen and oxygen atoms in total. The molecule has 0 aliphatic heterocycles. The van der Waals surface area contributed by atoms with E-state index in [4.69, 9.17) is 18.0 Å². The third-order valence-corrected chi connectivity index (χ3v) is 3.93. The van der Waals surface area contributed by atoms with E-state index in [0.717, 1.165) is 16.8 Å². The van der Waals surface area contributed by atoms with E-state index >= 15 is 0 Å². The Morgan fingerprint density at radius 3 is 2.82 bits per heavy atom. The van der Waals surface area contributed by atoms with Crippen LogP contribution in [0, 0.1) is 6.92 Å². The molecule has 1 aromatic rings. The largest absolute Gasteiger partial charge is 0.389 e. The topological polar surface area (TPSA) is 55.1 Å². The molecule has 5 heteroatoms. The van der Waals surface area contributed by atoms with Gasteiger partial charge in [0.25, 0.3) is 0 Å². The number of hydrogen-bond donors (Lipinski definition) is 2. The summed E-state index contributed by atoms with van der Waals surface area (Å²) in [4.78, 5) is 0.382. The Hall–Kier alpha value is -0.940. The average molecular weight is 270 g/mol. The second-order valence-electron chi connectivity index (χ2n) is 3.77. The summed E-state index contributed by atoms with van der Waals surface area (Å²) in [5.74, 6) is 1.33. The van der Waals surface area contributed by atoms with Gasteiger partial charge in [-0.15, -0.1) is 0 Å². The minimum Gasteiger partial charge on any atom is -0.389 e. The zero-order valence-electron chi connectivity index (χ0n) is 10.2. The van der Waals surface area contributed by atoms with Gasteiger partial charge in [0.1, 0.15) is 4.99 Å². The van der Waals surface area contributed by atoms with Crippen molar-refractivity contribution in [2.45, 2.75) is 13.8 Å². The first-order valence-electron chi connectivity index (χ1n) is 5.54. The third kappa shape index (κ3) is 4.44. The third-order valence-electron chi connectivity index (χ3n) is 2.41. The number of hydrogen-bond acceptors (Lipinski definition) is 3. The molecule has 1 atom stereocenters. The number of nitrogens with two attached hydrogens (primary N) is 1. The van der Waals surface area contributed by atoms with Crippen molar-refractivity contribution >= 4 is 33.7 Å². The lowest BCUT2D eigenvalue weighted by Crippen LogP contribution is -2.17. The van der Waals surface area contributed by atoms with Crippen LogP contribution in [0.2, 0.25) is 0 Å². The van der Waals surface area contributed by atoms with Gasteiger partial charge in [-0.1, -0.05) is 30.8 Å². The van der Waals surface area contributed by atoms with E-state index in [0.29, 0.717) is 23.0 Å². The van der Waals surface area contributed by atoms with Gasteiger partial charge in [-0.05, 0) is 19.1 Å². The van der Waals surface area contributed by atoms with Crippen molar-refractivity contribution in [1.82, 2.24) is 0 Å². The molecule has 1 unspecified atom stereocenters. The predicted octanol–water partition coefficient (Wildman–Crippen LogP) is 1.81. The Balaban J connectivity index is 2.70. The summed E-state index contributed by atoms with van der Waals surface area (Å²) in [6, 6.07) is 5.92. The Labute approximate surface area is 110 Å². The molecule has 1 rings (SSSR count). The Morgan fingerprint density at radius 1 is 1.53 bits per heavy atom. The summed E-state index contributed by atoms with van der Waals surface area (Å²) in [5.41, 5.74) is 8.56. The lowest BCUT2D eigenvalue weighted by atomic mass is 10.1. The summed E-state index contributed by atoms with van der Waals surface area (Å²) in [5, 5.41) is 3.23. The van der Waals surface area contributed by atoms with E-state index in [9.17, 15) is 4.21 Å². The molecule has 0 radical (unpaired) electrons. The highest BCUT2D eigenvalue weighted by atomic mass is 32.2. The van der Waals surface area contributed by atoms with Gasteiger partial charge >= 0.3 is 0 Å². The van der Waals surface area contributed by atoms with Gasteiger partial charge in [-0.3, -0.25) is 4.21 Å².